The summed E-state index contributed by atoms with van der Waals surface area (Å²) in [5.41, 5.74) is 1.38. The van der Waals surface area contributed by atoms with E-state index in [1.807, 2.05) is 0 Å². The lowest BCUT2D eigenvalue weighted by atomic mass is 9.96. The minimum Gasteiger partial charge on any atom is -0.508 e. The van der Waals surface area contributed by atoms with Crippen molar-refractivity contribution in [3.63, 3.8) is 0 Å². The van der Waals surface area contributed by atoms with Crippen LogP contribution in [0.1, 0.15) is 95.1 Å². The highest BCUT2D eigenvalue weighted by Gasteiger charge is 2.44. The largest absolute Gasteiger partial charge is 0.508 e. The highest BCUT2D eigenvalue weighted by Crippen LogP contribution is 2.49. The predicted octanol–water partition coefficient (Wildman–Crippen LogP) is 5.51. The number of ether oxygens (including phenoxy) is 1. The molecule has 0 aliphatic heterocycles. The highest BCUT2D eigenvalue weighted by atomic mass is 16.5. The number of benzene rings is 1. The third kappa shape index (κ3) is 6.03. The second-order valence-electron chi connectivity index (χ2n) is 9.56. The Balaban J connectivity index is 1.41. The first-order valence-corrected chi connectivity index (χ1v) is 11.3. The number of carbonyl (C=O) groups excluding carboxylic acids is 1. The molecule has 0 saturated heterocycles. The van der Waals surface area contributed by atoms with E-state index >= 15 is 0 Å². The van der Waals surface area contributed by atoms with E-state index in [0.717, 1.165) is 44.9 Å². The summed E-state index contributed by atoms with van der Waals surface area (Å²) >= 11 is 0. The van der Waals surface area contributed by atoms with Crippen LogP contribution in [0.25, 0.3) is 0 Å². The molecule has 29 heavy (non-hydrogen) atoms. The van der Waals surface area contributed by atoms with E-state index < -0.39 is 0 Å². The zero-order valence-corrected chi connectivity index (χ0v) is 17.7. The average Bonchev–Trinajstić information content (AvgIpc) is 3.61. The first kappa shape index (κ1) is 21.8. The average molecular weight is 405 g/mol. The summed E-state index contributed by atoms with van der Waals surface area (Å²) in [5.74, 6) is -0.207. The van der Waals surface area contributed by atoms with E-state index in [4.69, 9.17) is 4.74 Å². The Morgan fingerprint density at radius 2 is 1.55 bits per heavy atom. The fourth-order valence-electron chi connectivity index (χ4n) is 4.28. The van der Waals surface area contributed by atoms with Crippen molar-refractivity contribution >= 4 is 6.47 Å². The van der Waals surface area contributed by atoms with Crippen LogP contribution in [0.3, 0.4) is 0 Å². The lowest BCUT2D eigenvalue weighted by Crippen LogP contribution is -2.12. The first-order valence-electron chi connectivity index (χ1n) is 11.3. The van der Waals surface area contributed by atoms with Gasteiger partial charge in [0.2, 0.25) is 0 Å². The molecule has 3 N–H and O–H groups in total. The van der Waals surface area contributed by atoms with Gasteiger partial charge < -0.3 is 20.1 Å². The molecule has 0 unspecified atom stereocenters. The quantitative estimate of drug-likeness (QED) is 0.165. The maximum atomic E-state index is 10.5. The molecule has 1 aromatic rings. The van der Waals surface area contributed by atoms with Crippen molar-refractivity contribution in [2.75, 3.05) is 0 Å². The van der Waals surface area contributed by atoms with E-state index in [0.29, 0.717) is 35.9 Å². The smallest absolute Gasteiger partial charge is 0.293 e. The first-order chi connectivity index (χ1) is 13.9. The van der Waals surface area contributed by atoms with Gasteiger partial charge in [-0.15, -0.1) is 0 Å². The summed E-state index contributed by atoms with van der Waals surface area (Å²) in [7, 11) is 0. The van der Waals surface area contributed by atoms with E-state index in [1.165, 1.54) is 32.1 Å². The third-order valence-corrected chi connectivity index (χ3v) is 6.93. The molecule has 162 valence electrons. The number of unbranched alkanes of at least 4 members (excludes halogenated alkanes) is 4. The monoisotopic (exact) mass is 404 g/mol. The van der Waals surface area contributed by atoms with Crippen LogP contribution in [-0.2, 0) is 22.4 Å². The predicted molar refractivity (Wildman–Crippen MR) is 112 cm³/mol. The van der Waals surface area contributed by atoms with Crippen LogP contribution in [0.4, 0.5) is 0 Å². The Morgan fingerprint density at radius 1 is 0.897 bits per heavy atom. The zero-order chi connectivity index (χ0) is 20.9. The van der Waals surface area contributed by atoms with E-state index in [9.17, 15) is 20.1 Å². The van der Waals surface area contributed by atoms with Crippen LogP contribution < -0.4 is 0 Å². The van der Waals surface area contributed by atoms with Crippen LogP contribution in [-0.4, -0.2) is 27.4 Å². The molecule has 2 fully saturated rings. The number of hydrogen-bond donors (Lipinski definition) is 3. The van der Waals surface area contributed by atoms with E-state index in [1.54, 1.807) is 6.07 Å². The number of hydrogen-bond acceptors (Lipinski definition) is 5. The molecule has 2 aliphatic rings. The number of phenolic OH excluding ortho intramolecular Hbond substituents is 3. The molecule has 2 aliphatic carbocycles. The molecule has 3 rings (SSSR count). The zero-order valence-electron chi connectivity index (χ0n) is 17.7. The Hall–Kier alpha value is -1.91. The number of aryl methyl sites for hydroxylation is 1. The van der Waals surface area contributed by atoms with Gasteiger partial charge in [-0.05, 0) is 82.1 Å². The topological polar surface area (TPSA) is 87.0 Å². The number of carbonyl (C=O) groups is 1. The maximum Gasteiger partial charge on any atom is 0.293 e. The molecular formula is C24H36O5. The summed E-state index contributed by atoms with van der Waals surface area (Å²) in [6.45, 7) is 2.89. The van der Waals surface area contributed by atoms with Crippen molar-refractivity contribution in [2.45, 2.75) is 102 Å². The molecule has 0 amide bonds. The van der Waals surface area contributed by atoms with Gasteiger partial charge in [-0.2, -0.15) is 0 Å². The third-order valence-electron chi connectivity index (χ3n) is 6.93. The van der Waals surface area contributed by atoms with Crippen molar-refractivity contribution in [2.24, 2.45) is 5.41 Å². The van der Waals surface area contributed by atoms with Gasteiger partial charge >= 0.3 is 0 Å². The fourth-order valence-corrected chi connectivity index (χ4v) is 4.28. The normalized spacial score (nSPS) is 18.4. The Bertz CT molecular complexity index is 704. The molecule has 5 heteroatoms. The number of aromatic hydroxyl groups is 3. The van der Waals surface area contributed by atoms with Gasteiger partial charge in [-0.25, -0.2) is 0 Å². The van der Waals surface area contributed by atoms with Crippen LogP contribution in [0.5, 0.6) is 17.2 Å². The highest BCUT2D eigenvalue weighted by molar-refractivity contribution is 5.56. The van der Waals surface area contributed by atoms with Crippen molar-refractivity contribution in [1.82, 2.24) is 0 Å². The van der Waals surface area contributed by atoms with Crippen LogP contribution >= 0.6 is 0 Å². The molecular weight excluding hydrogens is 368 g/mol. The molecule has 0 bridgehead atoms. The van der Waals surface area contributed by atoms with Gasteiger partial charge in [0.1, 0.15) is 11.4 Å². The molecule has 0 aromatic heterocycles. The number of rotatable bonds is 14. The van der Waals surface area contributed by atoms with E-state index in [-0.39, 0.29) is 22.8 Å². The standard InChI is InChI=1S/C24H36O5/c1-23(12-13-23)10-6-3-2-4-9-19-20(26)16-18(21(27)22(19)28)8-5-7-11-24(14-15-24)29-17-25/h16-17,26-28H,2-15H2,1H3. The summed E-state index contributed by atoms with van der Waals surface area (Å²) in [6, 6.07) is 1.59. The van der Waals surface area contributed by atoms with Gasteiger partial charge in [0, 0.05) is 11.1 Å². The summed E-state index contributed by atoms with van der Waals surface area (Å²) in [4.78, 5) is 10.5. The SMILES string of the molecule is CC1(CCCCCCc2c(O)cc(CCCCC3(OC=O)CC3)c(O)c2O)CC1. The van der Waals surface area contributed by atoms with Crippen molar-refractivity contribution in [3.05, 3.63) is 17.2 Å². The summed E-state index contributed by atoms with van der Waals surface area (Å²) in [6.07, 6.45) is 13.9. The summed E-state index contributed by atoms with van der Waals surface area (Å²) < 4.78 is 5.14. The molecule has 5 nitrogen and oxygen atoms in total. The van der Waals surface area contributed by atoms with Gasteiger partial charge in [-0.3, -0.25) is 4.79 Å². The molecule has 0 heterocycles. The second-order valence-corrected chi connectivity index (χ2v) is 9.56. The molecule has 0 spiro atoms. The number of phenols is 3. The maximum absolute atomic E-state index is 10.5. The molecule has 0 radical (unpaired) electrons. The summed E-state index contributed by atoms with van der Waals surface area (Å²) in [5, 5.41) is 31.1. The minimum absolute atomic E-state index is 0.0729. The van der Waals surface area contributed by atoms with Crippen molar-refractivity contribution < 1.29 is 24.9 Å². The lowest BCUT2D eigenvalue weighted by molar-refractivity contribution is -0.135. The van der Waals surface area contributed by atoms with Crippen LogP contribution in [0.2, 0.25) is 0 Å². The van der Waals surface area contributed by atoms with E-state index in [2.05, 4.69) is 6.92 Å². The van der Waals surface area contributed by atoms with Crippen molar-refractivity contribution in [3.8, 4) is 17.2 Å². The molecule has 2 saturated carbocycles. The molecule has 1 aromatic carbocycles. The Kier molecular flexibility index (Phi) is 6.97. The van der Waals surface area contributed by atoms with Crippen LogP contribution in [0, 0.1) is 5.41 Å². The Morgan fingerprint density at radius 3 is 2.21 bits per heavy atom. The van der Waals surface area contributed by atoms with Gasteiger partial charge in [-0.1, -0.05) is 26.2 Å². The van der Waals surface area contributed by atoms with Gasteiger partial charge in [0.25, 0.3) is 6.47 Å². The fraction of sp³-hybridized carbons (Fsp3) is 0.708. The van der Waals surface area contributed by atoms with Gasteiger partial charge in [0.15, 0.2) is 11.5 Å². The second kappa shape index (κ2) is 9.27. The van der Waals surface area contributed by atoms with Gasteiger partial charge in [0.05, 0.1) is 0 Å². The molecule has 0 atom stereocenters. The lowest BCUT2D eigenvalue weighted by Gasteiger charge is -2.15. The van der Waals surface area contributed by atoms with Crippen molar-refractivity contribution in [1.29, 1.82) is 0 Å². The van der Waals surface area contributed by atoms with Crippen LogP contribution in [0.15, 0.2) is 6.07 Å². The minimum atomic E-state index is -0.256. The Labute approximate surface area is 174 Å².